The molecule has 0 amide bonds. The third-order valence-electron chi connectivity index (χ3n) is 6.20. The van der Waals surface area contributed by atoms with E-state index in [1.54, 1.807) is 38.1 Å². The number of esters is 2. The summed E-state index contributed by atoms with van der Waals surface area (Å²) < 4.78 is 28.8. The number of halogens is 1. The van der Waals surface area contributed by atoms with Crippen LogP contribution >= 0.6 is 22.9 Å². The molecule has 12 heteroatoms. The van der Waals surface area contributed by atoms with Gasteiger partial charge in [-0.3, -0.25) is 9.36 Å². The first-order chi connectivity index (χ1) is 20.1. The molecule has 3 aromatic rings. The number of methoxy groups -OCH3 is 2. The quantitative estimate of drug-likeness (QED) is 0.317. The molecule has 0 aliphatic carbocycles. The van der Waals surface area contributed by atoms with Gasteiger partial charge in [-0.25, -0.2) is 14.6 Å². The SMILES string of the molecule is CCOC(=O)C1=C(C)N=c2s/c(=C/c3cc(Cl)c(OCC(=O)OC)c(OC)c3)c(=O)n2[C@@H]1c1ccccc1OC(C)C. The van der Waals surface area contributed by atoms with E-state index in [1.807, 2.05) is 32.0 Å². The number of allylic oxidation sites excluding steroid dienone is 1. The fourth-order valence-electron chi connectivity index (χ4n) is 4.46. The minimum atomic E-state index is -0.829. The van der Waals surface area contributed by atoms with E-state index in [1.165, 1.54) is 30.1 Å². The van der Waals surface area contributed by atoms with E-state index in [9.17, 15) is 14.4 Å². The van der Waals surface area contributed by atoms with Gasteiger partial charge in [-0.1, -0.05) is 41.1 Å². The van der Waals surface area contributed by atoms with Crippen molar-refractivity contribution in [2.24, 2.45) is 4.99 Å². The average molecular weight is 615 g/mol. The molecule has 42 heavy (non-hydrogen) atoms. The molecule has 0 saturated heterocycles. The third kappa shape index (κ3) is 6.37. The van der Waals surface area contributed by atoms with Crippen LogP contribution in [0, 0.1) is 0 Å². The van der Waals surface area contributed by atoms with E-state index in [0.717, 1.165) is 0 Å². The van der Waals surface area contributed by atoms with Gasteiger partial charge >= 0.3 is 11.9 Å². The van der Waals surface area contributed by atoms with Gasteiger partial charge in [0, 0.05) is 5.56 Å². The Bertz CT molecular complexity index is 1720. The maximum Gasteiger partial charge on any atom is 0.343 e. The molecule has 222 valence electrons. The Labute approximate surface area is 251 Å². The Balaban J connectivity index is 1.89. The molecular formula is C30H31ClN2O8S. The van der Waals surface area contributed by atoms with Crippen LogP contribution in [0.2, 0.25) is 5.02 Å². The molecule has 0 N–H and O–H groups in total. The molecule has 0 spiro atoms. The third-order valence-corrected chi connectivity index (χ3v) is 7.47. The Morgan fingerprint density at radius 2 is 1.90 bits per heavy atom. The molecule has 2 heterocycles. The number of carbonyl (C=O) groups is 2. The van der Waals surface area contributed by atoms with Crippen molar-refractivity contribution in [3.05, 3.63) is 83.5 Å². The lowest BCUT2D eigenvalue weighted by Gasteiger charge is -2.26. The Morgan fingerprint density at radius 1 is 1.17 bits per heavy atom. The molecule has 2 aromatic carbocycles. The average Bonchev–Trinajstić information content (AvgIpc) is 3.25. The van der Waals surface area contributed by atoms with Crippen molar-refractivity contribution in [2.75, 3.05) is 27.4 Å². The van der Waals surface area contributed by atoms with Crippen LogP contribution < -0.4 is 29.1 Å². The van der Waals surface area contributed by atoms with Crippen molar-refractivity contribution in [3.63, 3.8) is 0 Å². The lowest BCUT2D eigenvalue weighted by molar-refractivity contribution is -0.143. The summed E-state index contributed by atoms with van der Waals surface area (Å²) in [5.41, 5.74) is 1.52. The second kappa shape index (κ2) is 13.3. The molecule has 1 aliphatic rings. The molecule has 1 aliphatic heterocycles. The number of nitrogens with zero attached hydrogens (tertiary/aromatic N) is 2. The van der Waals surface area contributed by atoms with Crippen molar-refractivity contribution >= 4 is 41.0 Å². The van der Waals surface area contributed by atoms with E-state index in [0.29, 0.717) is 31.9 Å². The monoisotopic (exact) mass is 614 g/mol. The molecule has 1 atom stereocenters. The summed E-state index contributed by atoms with van der Waals surface area (Å²) in [6.45, 7) is 7.06. The zero-order chi connectivity index (χ0) is 30.6. The molecule has 10 nitrogen and oxygen atoms in total. The summed E-state index contributed by atoms with van der Waals surface area (Å²) >= 11 is 7.64. The van der Waals surface area contributed by atoms with E-state index >= 15 is 0 Å². The van der Waals surface area contributed by atoms with Crippen LogP contribution in [-0.2, 0) is 19.1 Å². The lowest BCUT2D eigenvalue weighted by atomic mass is 9.95. The van der Waals surface area contributed by atoms with Gasteiger partial charge < -0.3 is 23.7 Å². The summed E-state index contributed by atoms with van der Waals surface area (Å²) in [6, 6.07) is 9.69. The van der Waals surface area contributed by atoms with Gasteiger partial charge in [-0.05, 0) is 57.5 Å². The molecule has 0 radical (unpaired) electrons. The second-order valence-electron chi connectivity index (χ2n) is 9.41. The first-order valence-corrected chi connectivity index (χ1v) is 14.3. The first-order valence-electron chi connectivity index (χ1n) is 13.1. The van der Waals surface area contributed by atoms with Gasteiger partial charge in [0.1, 0.15) is 11.8 Å². The highest BCUT2D eigenvalue weighted by Crippen LogP contribution is 2.38. The maximum atomic E-state index is 14.0. The predicted octanol–water partition coefficient (Wildman–Crippen LogP) is 3.80. The van der Waals surface area contributed by atoms with Gasteiger partial charge in [0.25, 0.3) is 5.56 Å². The van der Waals surface area contributed by atoms with Crippen LogP contribution in [0.1, 0.15) is 44.9 Å². The summed E-state index contributed by atoms with van der Waals surface area (Å²) in [7, 11) is 2.69. The number of aromatic nitrogens is 1. The number of carbonyl (C=O) groups excluding carboxylic acids is 2. The number of fused-ring (bicyclic) bond motifs is 1. The number of rotatable bonds is 10. The maximum absolute atomic E-state index is 14.0. The molecule has 0 saturated carbocycles. The van der Waals surface area contributed by atoms with Gasteiger partial charge in [0.15, 0.2) is 22.9 Å². The number of para-hydroxylation sites is 1. The summed E-state index contributed by atoms with van der Waals surface area (Å²) in [5, 5.41) is 0.176. The molecule has 0 unspecified atom stereocenters. The first kappa shape index (κ1) is 30.9. The standard InChI is InChI=1S/C30H31ClN2O8S/c1-7-39-29(36)25-17(4)32-30-33(26(25)19-10-8-9-11-21(19)41-16(2)3)28(35)23(42-30)14-18-12-20(31)27(22(13-18)37-5)40-15-24(34)38-6/h8-14,16,26H,7,15H2,1-6H3/b23-14+/t26-/m1/s1. The minimum Gasteiger partial charge on any atom is -0.493 e. The molecule has 0 fully saturated rings. The lowest BCUT2D eigenvalue weighted by Crippen LogP contribution is -2.40. The van der Waals surface area contributed by atoms with Crippen molar-refractivity contribution < 1.29 is 33.3 Å². The molecular weight excluding hydrogens is 584 g/mol. The zero-order valence-corrected chi connectivity index (χ0v) is 25.6. The van der Waals surface area contributed by atoms with Crippen molar-refractivity contribution in [3.8, 4) is 17.2 Å². The van der Waals surface area contributed by atoms with Crippen LogP contribution in [-0.4, -0.2) is 50.0 Å². The van der Waals surface area contributed by atoms with Crippen molar-refractivity contribution in [1.82, 2.24) is 4.57 Å². The highest BCUT2D eigenvalue weighted by molar-refractivity contribution is 7.07. The number of hydrogen-bond donors (Lipinski definition) is 0. The summed E-state index contributed by atoms with van der Waals surface area (Å²) in [6.07, 6.45) is 1.51. The predicted molar refractivity (Wildman–Crippen MR) is 158 cm³/mol. The van der Waals surface area contributed by atoms with Gasteiger partial charge in [-0.2, -0.15) is 0 Å². The van der Waals surface area contributed by atoms with Crippen LogP contribution in [0.15, 0.2) is 57.5 Å². The Hall–Kier alpha value is -4.09. The largest absolute Gasteiger partial charge is 0.493 e. The fourth-order valence-corrected chi connectivity index (χ4v) is 5.78. The van der Waals surface area contributed by atoms with Crippen LogP contribution in [0.3, 0.4) is 0 Å². The smallest absolute Gasteiger partial charge is 0.343 e. The summed E-state index contributed by atoms with van der Waals surface area (Å²) in [5.74, 6) is -0.159. The number of thiazole rings is 1. The highest BCUT2D eigenvalue weighted by atomic mass is 35.5. The minimum absolute atomic E-state index is 0.141. The summed E-state index contributed by atoms with van der Waals surface area (Å²) in [4.78, 5) is 43.8. The van der Waals surface area contributed by atoms with E-state index in [2.05, 4.69) is 9.73 Å². The topological polar surface area (TPSA) is 115 Å². The van der Waals surface area contributed by atoms with E-state index < -0.39 is 18.0 Å². The Kier molecular flexibility index (Phi) is 9.74. The van der Waals surface area contributed by atoms with Crippen molar-refractivity contribution in [2.45, 2.75) is 39.8 Å². The number of benzene rings is 2. The normalized spacial score (nSPS) is 14.8. The van der Waals surface area contributed by atoms with Crippen LogP contribution in [0.5, 0.6) is 17.2 Å². The molecule has 4 rings (SSSR count). The number of hydrogen-bond acceptors (Lipinski definition) is 10. The zero-order valence-electron chi connectivity index (χ0n) is 24.1. The van der Waals surface area contributed by atoms with Crippen LogP contribution in [0.25, 0.3) is 6.08 Å². The Morgan fingerprint density at radius 3 is 2.57 bits per heavy atom. The van der Waals surface area contributed by atoms with Gasteiger partial charge in [0.2, 0.25) is 0 Å². The number of ether oxygens (including phenoxy) is 5. The fraction of sp³-hybridized carbons (Fsp3) is 0.333. The van der Waals surface area contributed by atoms with Gasteiger partial charge in [-0.15, -0.1) is 0 Å². The highest BCUT2D eigenvalue weighted by Gasteiger charge is 2.35. The van der Waals surface area contributed by atoms with Gasteiger partial charge in [0.05, 0.1) is 47.8 Å². The van der Waals surface area contributed by atoms with Crippen LogP contribution in [0.4, 0.5) is 0 Å². The molecule has 0 bridgehead atoms. The van der Waals surface area contributed by atoms with E-state index in [-0.39, 0.29) is 47.0 Å². The molecule has 1 aromatic heterocycles. The van der Waals surface area contributed by atoms with E-state index in [4.69, 9.17) is 30.5 Å². The van der Waals surface area contributed by atoms with Crippen molar-refractivity contribution in [1.29, 1.82) is 0 Å². The second-order valence-corrected chi connectivity index (χ2v) is 10.8.